The third kappa shape index (κ3) is 4.69. The van der Waals surface area contributed by atoms with Gasteiger partial charge in [-0.3, -0.25) is 9.69 Å². The first-order chi connectivity index (χ1) is 15.0. The minimum absolute atomic E-state index is 0.00121. The van der Waals surface area contributed by atoms with Gasteiger partial charge in [-0.15, -0.1) is 0 Å². The summed E-state index contributed by atoms with van der Waals surface area (Å²) < 4.78 is 24.5. The molecule has 2 aromatic carbocycles. The topological polar surface area (TPSA) is 50.8 Å². The van der Waals surface area contributed by atoms with Crippen LogP contribution < -0.4 is 14.8 Å². The van der Waals surface area contributed by atoms with E-state index >= 15 is 0 Å². The number of amides is 1. The maximum Gasteiger partial charge on any atom is 0.223 e. The number of carbonyl (C=O) groups is 1. The fourth-order valence-electron chi connectivity index (χ4n) is 4.55. The van der Waals surface area contributed by atoms with E-state index in [4.69, 9.17) is 9.47 Å². The smallest absolute Gasteiger partial charge is 0.223 e. The molecular weight excluding hydrogens is 395 g/mol. The fraction of sp³-hybridized carbons (Fsp3) is 0.480. The Hall–Kier alpha value is -2.60. The summed E-state index contributed by atoms with van der Waals surface area (Å²) in [5.74, 6) is 1.50. The molecule has 31 heavy (non-hydrogen) atoms. The lowest BCUT2D eigenvalue weighted by Crippen LogP contribution is -2.48. The predicted molar refractivity (Wildman–Crippen MR) is 118 cm³/mol. The summed E-state index contributed by atoms with van der Waals surface area (Å²) in [5, 5.41) is 3.32. The number of benzene rings is 2. The number of halogens is 1. The van der Waals surface area contributed by atoms with E-state index in [1.54, 1.807) is 14.2 Å². The maximum absolute atomic E-state index is 13.4. The van der Waals surface area contributed by atoms with Crippen LogP contribution >= 0.6 is 0 Å². The molecule has 0 radical (unpaired) electrons. The van der Waals surface area contributed by atoms with Crippen LogP contribution in [0.15, 0.2) is 36.4 Å². The fourth-order valence-corrected chi connectivity index (χ4v) is 4.55. The number of rotatable bonds is 8. The van der Waals surface area contributed by atoms with E-state index < -0.39 is 0 Å². The van der Waals surface area contributed by atoms with Gasteiger partial charge >= 0.3 is 0 Å². The van der Waals surface area contributed by atoms with Gasteiger partial charge in [-0.1, -0.05) is 19.1 Å². The summed E-state index contributed by atoms with van der Waals surface area (Å²) in [4.78, 5) is 15.0. The molecule has 0 unspecified atom stereocenters. The molecule has 166 valence electrons. The van der Waals surface area contributed by atoms with Crippen molar-refractivity contribution in [2.45, 2.75) is 51.2 Å². The third-order valence-corrected chi connectivity index (χ3v) is 6.42. The Kier molecular flexibility index (Phi) is 6.46. The Labute approximate surface area is 183 Å². The van der Waals surface area contributed by atoms with Gasteiger partial charge in [0.2, 0.25) is 5.91 Å². The summed E-state index contributed by atoms with van der Waals surface area (Å²) in [6, 6.07) is 10.8. The van der Waals surface area contributed by atoms with Gasteiger partial charge < -0.3 is 14.8 Å². The predicted octanol–water partition coefficient (Wildman–Crippen LogP) is 4.25. The summed E-state index contributed by atoms with van der Waals surface area (Å²) >= 11 is 0. The standard InChI is InChI=1S/C25H31FN2O3/c1-4-21(27-25(29)17-7-8-17)24-20-14-23(31-3)22(30-2)13-18(20)11-12-28(24)15-16-5-9-19(26)10-6-16/h5-6,9-10,13-14,17,21,24H,4,7-8,11-12,15H2,1-3H3,(H,27,29)/t21-,24+/m0/s1. The Balaban J connectivity index is 1.70. The molecule has 0 aromatic heterocycles. The Morgan fingerprint density at radius 3 is 2.45 bits per heavy atom. The number of nitrogens with zero attached hydrogens (tertiary/aromatic N) is 1. The van der Waals surface area contributed by atoms with Crippen molar-refractivity contribution in [3.05, 3.63) is 58.9 Å². The van der Waals surface area contributed by atoms with E-state index in [9.17, 15) is 9.18 Å². The molecule has 0 saturated heterocycles. The molecule has 1 heterocycles. The third-order valence-electron chi connectivity index (χ3n) is 6.42. The van der Waals surface area contributed by atoms with E-state index in [0.29, 0.717) is 12.3 Å². The largest absolute Gasteiger partial charge is 0.493 e. The van der Waals surface area contributed by atoms with Gasteiger partial charge in [0, 0.05) is 25.0 Å². The summed E-state index contributed by atoms with van der Waals surface area (Å²) in [6.45, 7) is 3.65. The molecule has 5 nitrogen and oxygen atoms in total. The lowest BCUT2D eigenvalue weighted by atomic mass is 9.86. The van der Waals surface area contributed by atoms with E-state index in [2.05, 4.69) is 29.3 Å². The summed E-state index contributed by atoms with van der Waals surface area (Å²) in [5.41, 5.74) is 3.43. The van der Waals surface area contributed by atoms with Crippen LogP contribution in [0.4, 0.5) is 4.39 Å². The number of carbonyl (C=O) groups excluding carboxylic acids is 1. The highest BCUT2D eigenvalue weighted by Gasteiger charge is 2.37. The number of hydrogen-bond donors (Lipinski definition) is 1. The quantitative estimate of drug-likeness (QED) is 0.686. The second-order valence-corrected chi connectivity index (χ2v) is 8.50. The summed E-state index contributed by atoms with van der Waals surface area (Å²) in [7, 11) is 3.29. The molecule has 1 aliphatic carbocycles. The van der Waals surface area contributed by atoms with E-state index in [-0.39, 0.29) is 29.7 Å². The van der Waals surface area contributed by atoms with Crippen LogP contribution in [-0.2, 0) is 17.8 Å². The number of fused-ring (bicyclic) bond motifs is 1. The summed E-state index contributed by atoms with van der Waals surface area (Å²) in [6.07, 6.45) is 3.65. The normalized spacial score (nSPS) is 19.4. The van der Waals surface area contributed by atoms with E-state index in [1.807, 2.05) is 12.1 Å². The zero-order chi connectivity index (χ0) is 22.0. The molecule has 6 heteroatoms. The van der Waals surface area contributed by atoms with Gasteiger partial charge in [-0.05, 0) is 66.6 Å². The van der Waals surface area contributed by atoms with Crippen LogP contribution in [0.5, 0.6) is 11.5 Å². The van der Waals surface area contributed by atoms with Crippen LogP contribution in [0.2, 0.25) is 0 Å². The molecular formula is C25H31FN2O3. The first-order valence-electron chi connectivity index (χ1n) is 11.1. The zero-order valence-corrected chi connectivity index (χ0v) is 18.5. The van der Waals surface area contributed by atoms with Gasteiger partial charge in [-0.25, -0.2) is 4.39 Å². The first-order valence-corrected chi connectivity index (χ1v) is 11.1. The SMILES string of the molecule is CC[C@H](NC(=O)C1CC1)[C@H]1c2cc(OC)c(OC)cc2CCN1Cc1ccc(F)cc1. The molecule has 1 N–H and O–H groups in total. The maximum atomic E-state index is 13.4. The second kappa shape index (κ2) is 9.27. The number of methoxy groups -OCH3 is 2. The van der Waals surface area contributed by atoms with Crippen molar-refractivity contribution in [2.75, 3.05) is 20.8 Å². The molecule has 4 rings (SSSR count). The monoisotopic (exact) mass is 426 g/mol. The highest BCUT2D eigenvalue weighted by molar-refractivity contribution is 5.81. The number of ether oxygens (including phenoxy) is 2. The van der Waals surface area contributed by atoms with Crippen molar-refractivity contribution in [3.63, 3.8) is 0 Å². The molecule has 2 aliphatic rings. The Bertz CT molecular complexity index is 927. The number of nitrogens with one attached hydrogen (secondary N) is 1. The molecule has 1 amide bonds. The van der Waals surface area contributed by atoms with Crippen LogP contribution in [0.3, 0.4) is 0 Å². The molecule has 2 atom stereocenters. The zero-order valence-electron chi connectivity index (χ0n) is 18.5. The molecule has 2 aromatic rings. The minimum atomic E-state index is -0.232. The van der Waals surface area contributed by atoms with Crippen LogP contribution in [0, 0.1) is 11.7 Å². The number of hydrogen-bond acceptors (Lipinski definition) is 4. The lowest BCUT2D eigenvalue weighted by molar-refractivity contribution is -0.123. The van der Waals surface area contributed by atoms with E-state index in [1.165, 1.54) is 17.7 Å². The lowest BCUT2D eigenvalue weighted by Gasteiger charge is -2.42. The Morgan fingerprint density at radius 2 is 1.84 bits per heavy atom. The van der Waals surface area contributed by atoms with E-state index in [0.717, 1.165) is 49.1 Å². The highest BCUT2D eigenvalue weighted by atomic mass is 19.1. The molecule has 0 spiro atoms. The van der Waals surface area contributed by atoms with Gasteiger partial charge in [0.15, 0.2) is 11.5 Å². The van der Waals surface area contributed by atoms with Crippen LogP contribution in [-0.4, -0.2) is 37.6 Å². The van der Waals surface area contributed by atoms with Crippen molar-refractivity contribution in [1.29, 1.82) is 0 Å². The average molecular weight is 427 g/mol. The molecule has 1 saturated carbocycles. The average Bonchev–Trinajstić information content (AvgIpc) is 3.63. The van der Waals surface area contributed by atoms with Crippen molar-refractivity contribution in [3.8, 4) is 11.5 Å². The Morgan fingerprint density at radius 1 is 1.16 bits per heavy atom. The minimum Gasteiger partial charge on any atom is -0.493 e. The highest BCUT2D eigenvalue weighted by Crippen LogP contribution is 2.41. The molecule has 1 fully saturated rings. The second-order valence-electron chi connectivity index (χ2n) is 8.50. The molecule has 1 aliphatic heterocycles. The van der Waals surface area contributed by atoms with Gasteiger partial charge in [-0.2, -0.15) is 0 Å². The van der Waals surface area contributed by atoms with Gasteiger partial charge in [0.1, 0.15) is 5.82 Å². The van der Waals surface area contributed by atoms with Crippen molar-refractivity contribution in [1.82, 2.24) is 10.2 Å². The van der Waals surface area contributed by atoms with Gasteiger partial charge in [0.05, 0.1) is 20.3 Å². The first kappa shape index (κ1) is 21.6. The van der Waals surface area contributed by atoms with Crippen LogP contribution in [0.25, 0.3) is 0 Å². The van der Waals surface area contributed by atoms with Crippen molar-refractivity contribution < 1.29 is 18.7 Å². The van der Waals surface area contributed by atoms with Crippen molar-refractivity contribution in [2.24, 2.45) is 5.92 Å². The molecule has 0 bridgehead atoms. The van der Waals surface area contributed by atoms with Crippen molar-refractivity contribution >= 4 is 5.91 Å². The van der Waals surface area contributed by atoms with Gasteiger partial charge in [0.25, 0.3) is 0 Å². The van der Waals surface area contributed by atoms with Crippen LogP contribution in [0.1, 0.15) is 48.9 Å².